The van der Waals surface area contributed by atoms with Crippen LogP contribution >= 0.6 is 0 Å². The van der Waals surface area contributed by atoms with Crippen molar-refractivity contribution in [2.75, 3.05) is 0 Å². The first-order valence-corrected chi connectivity index (χ1v) is 8.96. The molecule has 1 aliphatic carbocycles. The molecule has 1 aliphatic heterocycles. The first-order valence-electron chi connectivity index (χ1n) is 8.96. The van der Waals surface area contributed by atoms with E-state index in [1.807, 2.05) is 6.20 Å². The minimum Gasteiger partial charge on any atom is -0.261 e. The molecule has 0 atom stereocenters. The van der Waals surface area contributed by atoms with Gasteiger partial charge in [-0.05, 0) is 31.4 Å². The Morgan fingerprint density at radius 3 is 1.60 bits per heavy atom. The van der Waals surface area contributed by atoms with E-state index in [0.29, 0.717) is 0 Å². The Morgan fingerprint density at radius 2 is 1.20 bits per heavy atom. The Morgan fingerprint density at radius 1 is 0.750 bits per heavy atom. The first kappa shape index (κ1) is 15.7. The van der Waals surface area contributed by atoms with E-state index < -0.39 is 0 Å². The molecule has 1 radical (unpaired) electrons. The van der Waals surface area contributed by atoms with Gasteiger partial charge in [0, 0.05) is 17.8 Å². The average Bonchev–Trinajstić information content (AvgIpc) is 2.87. The molecule has 0 aromatic heterocycles. The smallest absolute Gasteiger partial charge is 0.0464 e. The van der Waals surface area contributed by atoms with Crippen LogP contribution in [-0.2, 0) is 0 Å². The molecule has 20 heavy (non-hydrogen) atoms. The van der Waals surface area contributed by atoms with Crippen LogP contribution in [0.15, 0.2) is 23.5 Å². The lowest BCUT2D eigenvalue weighted by atomic mass is 9.89. The minimum absolute atomic E-state index is 0.730. The molecular weight excluding hydrogens is 242 g/mol. The summed E-state index contributed by atoms with van der Waals surface area (Å²) in [7, 11) is 0. The van der Waals surface area contributed by atoms with Gasteiger partial charge in [-0.1, -0.05) is 70.6 Å². The molecule has 0 amide bonds. The van der Waals surface area contributed by atoms with Gasteiger partial charge in [-0.25, -0.2) is 0 Å². The van der Waals surface area contributed by atoms with Gasteiger partial charge in [-0.3, -0.25) is 5.32 Å². The highest BCUT2D eigenvalue weighted by atomic mass is 14.9. The molecule has 0 aromatic rings. The van der Waals surface area contributed by atoms with Gasteiger partial charge in [0.15, 0.2) is 0 Å². The van der Waals surface area contributed by atoms with E-state index in [9.17, 15) is 0 Å². The molecule has 0 aromatic carbocycles. The summed E-state index contributed by atoms with van der Waals surface area (Å²) in [5.74, 6) is 0.730. The Bertz CT molecular complexity index is 313. The van der Waals surface area contributed by atoms with Crippen LogP contribution in [0.1, 0.15) is 90.4 Å². The summed E-state index contributed by atoms with van der Waals surface area (Å²) < 4.78 is 0. The van der Waals surface area contributed by atoms with Crippen molar-refractivity contribution in [2.45, 2.75) is 90.4 Å². The molecule has 0 unspecified atom stereocenters. The van der Waals surface area contributed by atoms with Crippen molar-refractivity contribution >= 4 is 0 Å². The topological polar surface area (TPSA) is 14.1 Å². The Labute approximate surface area is 125 Å². The van der Waals surface area contributed by atoms with E-state index >= 15 is 0 Å². The second-order valence-corrected chi connectivity index (χ2v) is 6.68. The average molecular weight is 274 g/mol. The summed E-state index contributed by atoms with van der Waals surface area (Å²) in [6.07, 6.45) is 22.8. The molecule has 1 heteroatoms. The van der Waals surface area contributed by atoms with Crippen LogP contribution in [0.4, 0.5) is 0 Å². The summed E-state index contributed by atoms with van der Waals surface area (Å²) >= 11 is 0. The maximum atomic E-state index is 4.64. The third-order valence-corrected chi connectivity index (χ3v) is 4.93. The van der Waals surface area contributed by atoms with E-state index in [2.05, 4.69) is 18.3 Å². The van der Waals surface area contributed by atoms with Crippen molar-refractivity contribution in [1.82, 2.24) is 5.32 Å². The lowest BCUT2D eigenvalue weighted by Crippen LogP contribution is -2.10. The molecule has 1 heterocycles. The number of allylic oxidation sites excluding steroid dienone is 3. The largest absolute Gasteiger partial charge is 0.261 e. The molecule has 0 saturated heterocycles. The highest BCUT2D eigenvalue weighted by Crippen LogP contribution is 2.29. The Kier molecular flexibility index (Phi) is 7.25. The minimum atomic E-state index is 0.730. The predicted molar refractivity (Wildman–Crippen MR) is 87.5 cm³/mol. The van der Waals surface area contributed by atoms with E-state index in [1.54, 1.807) is 0 Å². The fraction of sp³-hybridized carbons (Fsp3) is 0.789. The van der Waals surface area contributed by atoms with Crippen molar-refractivity contribution in [1.29, 1.82) is 0 Å². The summed E-state index contributed by atoms with van der Waals surface area (Å²) in [6.45, 7) is 2.23. The lowest BCUT2D eigenvalue weighted by molar-refractivity contribution is 0.428. The number of hydrogen-bond donors (Lipinski definition) is 0. The first-order chi connectivity index (χ1) is 9.88. The van der Waals surface area contributed by atoms with Crippen molar-refractivity contribution in [3.8, 4) is 0 Å². The Hall–Kier alpha value is -0.720. The van der Waals surface area contributed by atoms with Crippen molar-refractivity contribution in [3.05, 3.63) is 23.5 Å². The second-order valence-electron chi connectivity index (χ2n) is 6.68. The maximum Gasteiger partial charge on any atom is 0.0464 e. The Balaban J connectivity index is 1.83. The molecule has 2 rings (SSSR count). The summed E-state index contributed by atoms with van der Waals surface area (Å²) in [5.41, 5.74) is 2.81. The standard InChI is InChI=1S/C19H32N/c1-17-15-16-20-19(17)18-13-11-9-7-5-3-2-4-6-8-10-12-14-18/h15-16,18H,2-14H2,1H3. The third-order valence-electron chi connectivity index (χ3n) is 4.93. The van der Waals surface area contributed by atoms with Gasteiger partial charge in [0.25, 0.3) is 0 Å². The maximum absolute atomic E-state index is 4.64. The zero-order valence-corrected chi connectivity index (χ0v) is 13.4. The van der Waals surface area contributed by atoms with E-state index in [4.69, 9.17) is 0 Å². The molecule has 113 valence electrons. The van der Waals surface area contributed by atoms with Gasteiger partial charge in [-0.15, -0.1) is 0 Å². The normalized spacial score (nSPS) is 24.4. The van der Waals surface area contributed by atoms with Crippen molar-refractivity contribution in [2.24, 2.45) is 5.92 Å². The number of rotatable bonds is 1. The fourth-order valence-electron chi connectivity index (χ4n) is 3.63. The highest BCUT2D eigenvalue weighted by molar-refractivity contribution is 5.30. The van der Waals surface area contributed by atoms with Gasteiger partial charge < -0.3 is 0 Å². The van der Waals surface area contributed by atoms with Crippen molar-refractivity contribution in [3.63, 3.8) is 0 Å². The molecule has 1 nitrogen and oxygen atoms in total. The van der Waals surface area contributed by atoms with Crippen molar-refractivity contribution < 1.29 is 0 Å². The molecule has 0 spiro atoms. The van der Waals surface area contributed by atoms with Gasteiger partial charge in [-0.2, -0.15) is 0 Å². The van der Waals surface area contributed by atoms with E-state index in [1.165, 1.54) is 94.7 Å². The number of nitrogens with zero attached hydrogens (tertiary/aromatic N) is 1. The van der Waals surface area contributed by atoms with Crippen LogP contribution in [0.2, 0.25) is 0 Å². The molecule has 1 fully saturated rings. The van der Waals surface area contributed by atoms with Gasteiger partial charge in [0.1, 0.15) is 0 Å². The second kappa shape index (κ2) is 9.26. The zero-order chi connectivity index (χ0) is 14.0. The van der Waals surface area contributed by atoms with E-state index in [0.717, 1.165) is 5.92 Å². The molecule has 2 aliphatic rings. The van der Waals surface area contributed by atoms with Crippen LogP contribution in [-0.4, -0.2) is 0 Å². The van der Waals surface area contributed by atoms with Crippen LogP contribution in [0, 0.1) is 5.92 Å². The van der Waals surface area contributed by atoms with Gasteiger partial charge in [0.05, 0.1) is 0 Å². The van der Waals surface area contributed by atoms with Crippen LogP contribution in [0.5, 0.6) is 0 Å². The van der Waals surface area contributed by atoms with E-state index in [-0.39, 0.29) is 0 Å². The zero-order valence-electron chi connectivity index (χ0n) is 13.4. The number of hydrogen-bond acceptors (Lipinski definition) is 0. The monoisotopic (exact) mass is 274 g/mol. The molecule has 0 bridgehead atoms. The predicted octanol–water partition coefficient (Wildman–Crippen LogP) is 6.09. The van der Waals surface area contributed by atoms with Gasteiger partial charge >= 0.3 is 0 Å². The summed E-state index contributed by atoms with van der Waals surface area (Å²) in [6, 6.07) is 0. The molecule has 1 saturated carbocycles. The summed E-state index contributed by atoms with van der Waals surface area (Å²) in [4.78, 5) is 0. The quantitative estimate of drug-likeness (QED) is 0.549. The van der Waals surface area contributed by atoms with Crippen LogP contribution in [0.25, 0.3) is 0 Å². The van der Waals surface area contributed by atoms with Crippen LogP contribution in [0.3, 0.4) is 0 Å². The molecular formula is C19H32N. The highest BCUT2D eigenvalue weighted by Gasteiger charge is 2.18. The van der Waals surface area contributed by atoms with Crippen LogP contribution < -0.4 is 5.32 Å². The summed E-state index contributed by atoms with van der Waals surface area (Å²) in [5, 5.41) is 4.64. The molecule has 0 N–H and O–H groups in total. The fourth-order valence-corrected chi connectivity index (χ4v) is 3.63. The third kappa shape index (κ3) is 5.34. The lowest BCUT2D eigenvalue weighted by Gasteiger charge is -2.19. The SMILES string of the molecule is CC1=C(C2CCCCCCCCCCCCC2)[N]C=C1. The van der Waals surface area contributed by atoms with Gasteiger partial charge in [0.2, 0.25) is 0 Å².